The minimum atomic E-state index is -3.96. The summed E-state index contributed by atoms with van der Waals surface area (Å²) >= 11 is 0. The quantitative estimate of drug-likeness (QED) is 0.818. The van der Waals surface area contributed by atoms with Gasteiger partial charge in [0.05, 0.1) is 18.0 Å². The Bertz CT molecular complexity index is 588. The van der Waals surface area contributed by atoms with Gasteiger partial charge in [-0.1, -0.05) is 0 Å². The van der Waals surface area contributed by atoms with Gasteiger partial charge in [0.15, 0.2) is 0 Å². The fraction of sp³-hybridized carbons (Fsp3) is 0.300. The zero-order chi connectivity index (χ0) is 14.6. The number of sulfonamides is 1. The lowest BCUT2D eigenvalue weighted by atomic mass is 10.1. The van der Waals surface area contributed by atoms with Gasteiger partial charge < -0.3 is 9.84 Å². The molecule has 19 heavy (non-hydrogen) atoms. The summed E-state index contributed by atoms with van der Waals surface area (Å²) in [6, 6.07) is 0.952. The van der Waals surface area contributed by atoms with E-state index in [0.717, 1.165) is 0 Å². The molecular weight excluding hydrogens is 284 g/mol. The molecule has 0 saturated carbocycles. The first-order valence-electron chi connectivity index (χ1n) is 4.98. The van der Waals surface area contributed by atoms with Crippen molar-refractivity contribution in [2.75, 3.05) is 24.2 Å². The topological polar surface area (TPSA) is 92.7 Å². The number of nitrogens with one attached hydrogen (secondary N) is 1. The van der Waals surface area contributed by atoms with Gasteiger partial charge in [-0.15, -0.1) is 0 Å². The highest BCUT2D eigenvalue weighted by molar-refractivity contribution is 7.92. The second-order valence-corrected chi connectivity index (χ2v) is 5.37. The van der Waals surface area contributed by atoms with E-state index < -0.39 is 44.6 Å². The molecule has 0 unspecified atom stereocenters. The summed E-state index contributed by atoms with van der Waals surface area (Å²) in [5.41, 5.74) is -1.61. The van der Waals surface area contributed by atoms with Gasteiger partial charge in [-0.3, -0.25) is 4.72 Å². The molecule has 0 saturated heterocycles. The molecule has 6 nitrogen and oxygen atoms in total. The highest BCUT2D eigenvalue weighted by atomic mass is 32.2. The molecule has 1 rings (SSSR count). The predicted molar refractivity (Wildman–Crippen MR) is 62.6 cm³/mol. The highest BCUT2D eigenvalue weighted by Crippen LogP contribution is 2.22. The van der Waals surface area contributed by atoms with Crippen LogP contribution in [0.25, 0.3) is 0 Å². The maximum Gasteiger partial charge on any atom is 0.340 e. The molecule has 0 bridgehead atoms. The third-order valence-electron chi connectivity index (χ3n) is 2.09. The van der Waals surface area contributed by atoms with Crippen LogP contribution in [0.4, 0.5) is 14.5 Å². The molecule has 0 aliphatic rings. The third kappa shape index (κ3) is 4.14. The normalized spacial score (nSPS) is 11.3. The van der Waals surface area contributed by atoms with E-state index in [-0.39, 0.29) is 6.61 Å². The minimum absolute atomic E-state index is 0.143. The van der Waals surface area contributed by atoms with Gasteiger partial charge in [-0.25, -0.2) is 22.0 Å². The van der Waals surface area contributed by atoms with Crippen molar-refractivity contribution in [3.8, 4) is 0 Å². The van der Waals surface area contributed by atoms with E-state index >= 15 is 0 Å². The summed E-state index contributed by atoms with van der Waals surface area (Å²) in [4.78, 5) is 10.8. The third-order valence-corrected chi connectivity index (χ3v) is 3.33. The summed E-state index contributed by atoms with van der Waals surface area (Å²) in [6.07, 6.45) is 0. The van der Waals surface area contributed by atoms with Crippen LogP contribution in [0.1, 0.15) is 10.4 Å². The number of carboxylic acid groups (broad SMARTS) is 1. The summed E-state index contributed by atoms with van der Waals surface area (Å²) in [5, 5.41) is 8.79. The number of ether oxygens (including phenoxy) is 1. The summed E-state index contributed by atoms with van der Waals surface area (Å²) in [7, 11) is -2.68. The molecule has 0 aliphatic heterocycles. The SMILES string of the molecule is COCCS(=O)(=O)Nc1cc(F)cc(F)c1C(=O)O. The molecule has 0 radical (unpaired) electrons. The molecular formula is C10H11F2NO5S. The van der Waals surface area contributed by atoms with Crippen molar-refractivity contribution in [1.29, 1.82) is 0 Å². The van der Waals surface area contributed by atoms with Crippen LogP contribution < -0.4 is 4.72 Å². The average Bonchev–Trinajstić information content (AvgIpc) is 2.24. The van der Waals surface area contributed by atoms with Crippen LogP contribution in [-0.4, -0.2) is 39.0 Å². The lowest BCUT2D eigenvalue weighted by Gasteiger charge is -2.11. The largest absolute Gasteiger partial charge is 0.478 e. The Morgan fingerprint density at radius 2 is 2.05 bits per heavy atom. The zero-order valence-corrected chi connectivity index (χ0v) is 10.6. The van der Waals surface area contributed by atoms with E-state index in [1.165, 1.54) is 7.11 Å². The summed E-state index contributed by atoms with van der Waals surface area (Å²) in [6.45, 7) is -0.143. The standard InChI is InChI=1S/C10H11F2NO5S/c1-18-2-3-19(16,17)13-8-5-6(11)4-7(12)9(8)10(14)15/h4-5,13H,2-3H2,1H3,(H,14,15). The molecule has 1 aromatic rings. The van der Waals surface area contributed by atoms with Crippen LogP contribution in [0.5, 0.6) is 0 Å². The van der Waals surface area contributed by atoms with Gasteiger partial charge in [0.25, 0.3) is 0 Å². The fourth-order valence-corrected chi connectivity index (χ4v) is 2.27. The van der Waals surface area contributed by atoms with Crippen molar-refractivity contribution in [1.82, 2.24) is 0 Å². The van der Waals surface area contributed by atoms with Gasteiger partial charge in [0, 0.05) is 13.2 Å². The monoisotopic (exact) mass is 295 g/mol. The van der Waals surface area contributed by atoms with Gasteiger partial charge in [-0.2, -0.15) is 0 Å². The number of hydrogen-bond acceptors (Lipinski definition) is 4. The smallest absolute Gasteiger partial charge is 0.340 e. The Balaban J connectivity index is 3.17. The van der Waals surface area contributed by atoms with E-state index in [0.29, 0.717) is 12.1 Å². The van der Waals surface area contributed by atoms with Crippen molar-refractivity contribution < 1.29 is 31.8 Å². The Morgan fingerprint density at radius 1 is 1.42 bits per heavy atom. The van der Waals surface area contributed by atoms with E-state index in [4.69, 9.17) is 5.11 Å². The maximum absolute atomic E-state index is 13.3. The van der Waals surface area contributed by atoms with Gasteiger partial charge in [0.2, 0.25) is 10.0 Å². The molecule has 0 spiro atoms. The Morgan fingerprint density at radius 3 is 2.58 bits per heavy atom. The Labute approximate surface area is 108 Å². The van der Waals surface area contributed by atoms with Crippen LogP contribution in [0.15, 0.2) is 12.1 Å². The summed E-state index contributed by atoms with van der Waals surface area (Å²) < 4.78 is 55.7. The molecule has 0 aliphatic carbocycles. The van der Waals surface area contributed by atoms with Crippen LogP contribution in [0.2, 0.25) is 0 Å². The van der Waals surface area contributed by atoms with E-state index in [9.17, 15) is 22.0 Å². The molecule has 1 aromatic carbocycles. The molecule has 0 atom stereocenters. The highest BCUT2D eigenvalue weighted by Gasteiger charge is 2.21. The Kier molecular flexibility index (Phi) is 4.78. The van der Waals surface area contributed by atoms with Crippen LogP contribution in [0, 0.1) is 11.6 Å². The van der Waals surface area contributed by atoms with Gasteiger partial charge in [0.1, 0.15) is 17.2 Å². The molecule has 0 amide bonds. The number of carboxylic acids is 1. The molecule has 2 N–H and O–H groups in total. The minimum Gasteiger partial charge on any atom is -0.478 e. The van der Waals surface area contributed by atoms with E-state index in [1.54, 1.807) is 0 Å². The number of aromatic carboxylic acids is 1. The van der Waals surface area contributed by atoms with E-state index in [2.05, 4.69) is 4.74 Å². The maximum atomic E-state index is 13.3. The number of halogens is 2. The zero-order valence-electron chi connectivity index (χ0n) is 9.81. The first kappa shape index (κ1) is 15.3. The van der Waals surface area contributed by atoms with Crippen molar-refractivity contribution in [2.24, 2.45) is 0 Å². The predicted octanol–water partition coefficient (Wildman–Crippen LogP) is 1.05. The molecule has 0 aromatic heterocycles. The number of methoxy groups -OCH3 is 1. The number of carbonyl (C=O) groups is 1. The van der Waals surface area contributed by atoms with Crippen LogP contribution in [0.3, 0.4) is 0 Å². The fourth-order valence-electron chi connectivity index (χ4n) is 1.28. The molecule has 0 heterocycles. The lowest BCUT2D eigenvalue weighted by molar-refractivity contribution is 0.0693. The van der Waals surface area contributed by atoms with Crippen molar-refractivity contribution in [2.45, 2.75) is 0 Å². The van der Waals surface area contributed by atoms with Crippen molar-refractivity contribution >= 4 is 21.7 Å². The average molecular weight is 295 g/mol. The number of rotatable bonds is 6. The van der Waals surface area contributed by atoms with Crippen molar-refractivity contribution in [3.05, 3.63) is 29.3 Å². The lowest BCUT2D eigenvalue weighted by Crippen LogP contribution is -2.21. The number of benzene rings is 1. The molecule has 0 fully saturated rings. The first-order chi connectivity index (χ1) is 8.76. The molecule has 106 valence electrons. The summed E-state index contributed by atoms with van der Waals surface area (Å²) in [5.74, 6) is -4.63. The number of hydrogen-bond donors (Lipinski definition) is 2. The van der Waals surface area contributed by atoms with Crippen LogP contribution in [-0.2, 0) is 14.8 Å². The van der Waals surface area contributed by atoms with Crippen molar-refractivity contribution in [3.63, 3.8) is 0 Å². The van der Waals surface area contributed by atoms with E-state index in [1.807, 2.05) is 4.72 Å². The Hall–Kier alpha value is -1.74. The molecule has 9 heteroatoms. The number of anilines is 1. The second kappa shape index (κ2) is 5.93. The van der Waals surface area contributed by atoms with Gasteiger partial charge >= 0.3 is 5.97 Å². The van der Waals surface area contributed by atoms with Gasteiger partial charge in [-0.05, 0) is 6.07 Å². The second-order valence-electron chi connectivity index (χ2n) is 3.53. The van der Waals surface area contributed by atoms with Crippen LogP contribution >= 0.6 is 0 Å². The first-order valence-corrected chi connectivity index (χ1v) is 6.64.